The van der Waals surface area contributed by atoms with Crippen LogP contribution < -0.4 is 10.0 Å². The van der Waals surface area contributed by atoms with Gasteiger partial charge < -0.3 is 5.32 Å². The van der Waals surface area contributed by atoms with Gasteiger partial charge >= 0.3 is 0 Å². The standard InChI is InChI=1S/C14H15BrN2O2S/c1-10-3-4-12(9-14(10)15)17-20(18,19)13-7-5-11(16-2)6-8-13/h3-9,16-17H,1-2H3. The van der Waals surface area contributed by atoms with Crippen molar-refractivity contribution in [3.8, 4) is 0 Å². The van der Waals surface area contributed by atoms with Gasteiger partial charge in [-0.25, -0.2) is 8.42 Å². The Morgan fingerprint density at radius 1 is 1.00 bits per heavy atom. The van der Waals surface area contributed by atoms with Gasteiger partial charge in [0.25, 0.3) is 10.0 Å². The Kier molecular flexibility index (Phi) is 4.35. The van der Waals surface area contributed by atoms with E-state index in [9.17, 15) is 8.42 Å². The summed E-state index contributed by atoms with van der Waals surface area (Å²) in [6.07, 6.45) is 0. The summed E-state index contributed by atoms with van der Waals surface area (Å²) in [5.41, 5.74) is 2.44. The number of sulfonamides is 1. The summed E-state index contributed by atoms with van der Waals surface area (Å²) in [7, 11) is -1.78. The Morgan fingerprint density at radius 2 is 1.60 bits per heavy atom. The zero-order chi connectivity index (χ0) is 14.8. The topological polar surface area (TPSA) is 58.2 Å². The Bertz CT molecular complexity index is 712. The van der Waals surface area contributed by atoms with Crippen LogP contribution in [0.3, 0.4) is 0 Å². The van der Waals surface area contributed by atoms with Crippen molar-refractivity contribution in [1.29, 1.82) is 0 Å². The van der Waals surface area contributed by atoms with Crippen molar-refractivity contribution in [1.82, 2.24) is 0 Å². The Labute approximate surface area is 127 Å². The van der Waals surface area contributed by atoms with Gasteiger partial charge in [0.2, 0.25) is 0 Å². The van der Waals surface area contributed by atoms with E-state index in [1.165, 1.54) is 0 Å². The lowest BCUT2D eigenvalue weighted by atomic mass is 10.2. The Hall–Kier alpha value is -1.53. The van der Waals surface area contributed by atoms with E-state index in [0.717, 1.165) is 15.7 Å². The molecule has 0 fully saturated rings. The van der Waals surface area contributed by atoms with Crippen molar-refractivity contribution < 1.29 is 8.42 Å². The van der Waals surface area contributed by atoms with Crippen molar-refractivity contribution >= 4 is 37.3 Å². The highest BCUT2D eigenvalue weighted by atomic mass is 79.9. The number of anilines is 2. The lowest BCUT2D eigenvalue weighted by molar-refractivity contribution is 0.601. The first-order valence-corrected chi connectivity index (χ1v) is 8.27. The molecule has 6 heteroatoms. The Balaban J connectivity index is 2.27. The van der Waals surface area contributed by atoms with Gasteiger partial charge in [-0.2, -0.15) is 0 Å². The minimum Gasteiger partial charge on any atom is -0.388 e. The van der Waals surface area contributed by atoms with Crippen LogP contribution in [-0.4, -0.2) is 15.5 Å². The van der Waals surface area contributed by atoms with Crippen molar-refractivity contribution in [2.45, 2.75) is 11.8 Å². The van der Waals surface area contributed by atoms with E-state index in [-0.39, 0.29) is 4.90 Å². The zero-order valence-corrected chi connectivity index (χ0v) is 13.5. The Morgan fingerprint density at radius 3 is 2.15 bits per heavy atom. The molecular formula is C14H15BrN2O2S. The van der Waals surface area contributed by atoms with Crippen LogP contribution in [0.2, 0.25) is 0 Å². The van der Waals surface area contributed by atoms with E-state index in [4.69, 9.17) is 0 Å². The fourth-order valence-electron chi connectivity index (χ4n) is 1.67. The SMILES string of the molecule is CNc1ccc(S(=O)(=O)Nc2ccc(C)c(Br)c2)cc1. The maximum atomic E-state index is 12.3. The van der Waals surface area contributed by atoms with Crippen molar-refractivity contribution in [3.05, 3.63) is 52.5 Å². The molecule has 2 aromatic carbocycles. The van der Waals surface area contributed by atoms with Crippen LogP contribution in [-0.2, 0) is 10.0 Å². The van der Waals surface area contributed by atoms with Gasteiger partial charge in [-0.1, -0.05) is 22.0 Å². The molecule has 2 N–H and O–H groups in total. The molecule has 0 aliphatic rings. The number of hydrogen-bond donors (Lipinski definition) is 2. The first kappa shape index (κ1) is 14.9. The third kappa shape index (κ3) is 3.32. The van der Waals surface area contributed by atoms with Crippen molar-refractivity contribution in [3.63, 3.8) is 0 Å². The molecule has 4 nitrogen and oxygen atoms in total. The fraction of sp³-hybridized carbons (Fsp3) is 0.143. The monoisotopic (exact) mass is 354 g/mol. The number of rotatable bonds is 4. The van der Waals surface area contributed by atoms with Gasteiger partial charge in [-0.05, 0) is 48.9 Å². The van der Waals surface area contributed by atoms with E-state index in [1.807, 2.05) is 13.0 Å². The van der Waals surface area contributed by atoms with E-state index in [0.29, 0.717) is 5.69 Å². The second-order valence-electron chi connectivity index (χ2n) is 4.34. The normalized spacial score (nSPS) is 11.2. The quantitative estimate of drug-likeness (QED) is 0.881. The second kappa shape index (κ2) is 5.85. The molecule has 0 radical (unpaired) electrons. The molecule has 0 aromatic heterocycles. The van der Waals surface area contributed by atoms with Gasteiger partial charge in [-0.15, -0.1) is 0 Å². The highest BCUT2D eigenvalue weighted by molar-refractivity contribution is 9.10. The molecule has 0 amide bonds. The molecule has 0 aliphatic heterocycles. The number of aryl methyl sites for hydroxylation is 1. The minimum atomic E-state index is -3.57. The first-order chi connectivity index (χ1) is 9.42. The van der Waals surface area contributed by atoms with Crippen molar-refractivity contribution in [2.75, 3.05) is 17.1 Å². The summed E-state index contributed by atoms with van der Waals surface area (Å²) in [6.45, 7) is 1.94. The predicted molar refractivity (Wildman–Crippen MR) is 85.7 cm³/mol. The highest BCUT2D eigenvalue weighted by Gasteiger charge is 2.14. The summed E-state index contributed by atoms with van der Waals surface area (Å²) >= 11 is 3.39. The number of nitrogens with one attached hydrogen (secondary N) is 2. The van der Waals surface area contributed by atoms with Crippen LogP contribution >= 0.6 is 15.9 Å². The molecule has 0 unspecified atom stereocenters. The third-order valence-electron chi connectivity index (χ3n) is 2.88. The largest absolute Gasteiger partial charge is 0.388 e. The van der Waals surface area contributed by atoms with Crippen molar-refractivity contribution in [2.24, 2.45) is 0 Å². The predicted octanol–water partition coefficient (Wildman–Crippen LogP) is 3.60. The number of hydrogen-bond acceptors (Lipinski definition) is 3. The smallest absolute Gasteiger partial charge is 0.261 e. The lowest BCUT2D eigenvalue weighted by Crippen LogP contribution is -2.13. The maximum Gasteiger partial charge on any atom is 0.261 e. The average Bonchev–Trinajstić information content (AvgIpc) is 2.43. The molecule has 0 spiro atoms. The van der Waals surface area contributed by atoms with Crippen LogP contribution in [0.1, 0.15) is 5.56 Å². The van der Waals surface area contributed by atoms with Crippen LogP contribution in [0.5, 0.6) is 0 Å². The van der Waals surface area contributed by atoms with Crippen LogP contribution in [0.4, 0.5) is 11.4 Å². The second-order valence-corrected chi connectivity index (χ2v) is 6.88. The van der Waals surface area contributed by atoms with E-state index < -0.39 is 10.0 Å². The molecule has 106 valence electrons. The van der Waals surface area contributed by atoms with E-state index >= 15 is 0 Å². The molecule has 20 heavy (non-hydrogen) atoms. The van der Waals surface area contributed by atoms with Gasteiger partial charge in [0, 0.05) is 22.9 Å². The minimum absolute atomic E-state index is 0.230. The fourth-order valence-corrected chi connectivity index (χ4v) is 3.10. The average molecular weight is 355 g/mol. The lowest BCUT2D eigenvalue weighted by Gasteiger charge is -2.10. The van der Waals surface area contributed by atoms with Gasteiger partial charge in [0.1, 0.15) is 0 Å². The van der Waals surface area contributed by atoms with Crippen LogP contribution in [0.25, 0.3) is 0 Å². The molecule has 0 saturated carbocycles. The molecule has 0 saturated heterocycles. The zero-order valence-electron chi connectivity index (χ0n) is 11.1. The maximum absolute atomic E-state index is 12.3. The number of benzene rings is 2. The molecule has 0 aliphatic carbocycles. The summed E-state index contributed by atoms with van der Waals surface area (Å²) in [5, 5.41) is 2.95. The molecule has 0 atom stereocenters. The molecule has 2 rings (SSSR count). The number of halogens is 1. The first-order valence-electron chi connectivity index (χ1n) is 5.99. The summed E-state index contributed by atoms with van der Waals surface area (Å²) in [6, 6.07) is 11.9. The molecular weight excluding hydrogens is 340 g/mol. The highest BCUT2D eigenvalue weighted by Crippen LogP contribution is 2.23. The molecule has 0 heterocycles. The third-order valence-corrected chi connectivity index (χ3v) is 5.13. The van der Waals surface area contributed by atoms with Crippen LogP contribution in [0.15, 0.2) is 51.8 Å². The van der Waals surface area contributed by atoms with Gasteiger partial charge in [-0.3, -0.25) is 4.72 Å². The molecule has 0 bridgehead atoms. The van der Waals surface area contributed by atoms with Gasteiger partial charge in [0.15, 0.2) is 0 Å². The summed E-state index contributed by atoms with van der Waals surface area (Å²) in [5.74, 6) is 0. The summed E-state index contributed by atoms with van der Waals surface area (Å²) < 4.78 is 27.9. The van der Waals surface area contributed by atoms with E-state index in [2.05, 4.69) is 26.0 Å². The van der Waals surface area contributed by atoms with E-state index in [1.54, 1.807) is 43.4 Å². The summed E-state index contributed by atoms with van der Waals surface area (Å²) in [4.78, 5) is 0.230. The van der Waals surface area contributed by atoms with Gasteiger partial charge in [0.05, 0.1) is 4.90 Å². The molecule has 2 aromatic rings. The van der Waals surface area contributed by atoms with Crippen LogP contribution in [0, 0.1) is 6.92 Å².